The molecule has 4 nitrogen and oxygen atoms in total. The quantitative estimate of drug-likeness (QED) is 0.336. The fourth-order valence-corrected chi connectivity index (χ4v) is 6.79. The van der Waals surface area contributed by atoms with Gasteiger partial charge in [-0.1, -0.05) is 54.1 Å². The minimum Gasteiger partial charge on any atom is -0.334 e. The van der Waals surface area contributed by atoms with Gasteiger partial charge in [0.2, 0.25) is 0 Å². The van der Waals surface area contributed by atoms with Crippen LogP contribution in [-0.4, -0.2) is 15.5 Å². The lowest BCUT2D eigenvalue weighted by Crippen LogP contribution is -2.41. The largest absolute Gasteiger partial charge is 0.334 e. The Morgan fingerprint density at radius 1 is 0.971 bits per heavy atom. The number of fused-ring (bicyclic) bond motifs is 5. The Hall–Kier alpha value is -3.02. The molecule has 0 spiro atoms. The molecule has 6 heteroatoms. The fraction of sp³-hybridized carbons (Fsp3) is 0.250. The maximum atomic E-state index is 13.8. The maximum Gasteiger partial charge on any atom is 0.318 e. The molecular weight excluding hydrogens is 462 g/mol. The van der Waals surface area contributed by atoms with Crippen LogP contribution in [-0.2, 0) is 25.9 Å². The van der Waals surface area contributed by atoms with Gasteiger partial charge in [0, 0.05) is 28.2 Å². The standard InChI is InChI=1S/C28H26ClN3OS/c29-21-14-12-20(13-15-21)26-24-10-6-16-31(24)27-23(22-9-4-5-11-25(22)34-27)18-32(26)28(33)30-17-19-7-2-1-3-8-19/h1-3,6-8,10,12-16,26H,4-5,9,11,17-18H2,(H,30,33). The first-order valence-corrected chi connectivity index (χ1v) is 13.0. The van der Waals surface area contributed by atoms with Gasteiger partial charge in [-0.05, 0) is 66.6 Å². The Bertz CT molecular complexity index is 1330. The summed E-state index contributed by atoms with van der Waals surface area (Å²) in [5.41, 5.74) is 6.02. The van der Waals surface area contributed by atoms with E-state index in [0.29, 0.717) is 18.1 Å². The number of benzene rings is 2. The van der Waals surface area contributed by atoms with Crippen LogP contribution in [0.1, 0.15) is 51.7 Å². The van der Waals surface area contributed by atoms with Crippen molar-refractivity contribution < 1.29 is 4.79 Å². The number of urea groups is 1. The first-order chi connectivity index (χ1) is 16.7. The molecule has 2 aromatic carbocycles. The summed E-state index contributed by atoms with van der Waals surface area (Å²) in [6.45, 7) is 1.09. The van der Waals surface area contributed by atoms with Crippen LogP contribution in [0.3, 0.4) is 0 Å². The third-order valence-corrected chi connectivity index (χ3v) is 8.50. The van der Waals surface area contributed by atoms with Gasteiger partial charge in [-0.25, -0.2) is 4.79 Å². The molecule has 4 aromatic rings. The number of carbonyl (C=O) groups excluding carboxylic acids is 1. The van der Waals surface area contributed by atoms with Gasteiger partial charge in [-0.15, -0.1) is 11.3 Å². The van der Waals surface area contributed by atoms with E-state index in [1.165, 1.54) is 33.8 Å². The number of carbonyl (C=O) groups is 1. The first kappa shape index (κ1) is 21.5. The highest BCUT2D eigenvalue weighted by molar-refractivity contribution is 7.15. The van der Waals surface area contributed by atoms with E-state index in [2.05, 4.69) is 28.2 Å². The zero-order valence-electron chi connectivity index (χ0n) is 18.8. The van der Waals surface area contributed by atoms with E-state index >= 15 is 0 Å². The SMILES string of the molecule is O=C(NCc1ccccc1)N1Cc2c(sc3c2CCCC3)-n2cccc2C1c1ccc(Cl)cc1. The Labute approximate surface area is 208 Å². The molecule has 0 radical (unpaired) electrons. The maximum absolute atomic E-state index is 13.8. The number of hydrogen-bond donors (Lipinski definition) is 1. The highest BCUT2D eigenvalue weighted by Crippen LogP contribution is 2.44. The van der Waals surface area contributed by atoms with Crippen LogP contribution in [0.15, 0.2) is 72.9 Å². The lowest BCUT2D eigenvalue weighted by atomic mass is 9.95. The van der Waals surface area contributed by atoms with E-state index in [1.807, 2.05) is 70.8 Å². The zero-order valence-corrected chi connectivity index (χ0v) is 20.4. The Kier molecular flexibility index (Phi) is 5.67. The molecule has 1 N–H and O–H groups in total. The van der Waals surface area contributed by atoms with Crippen molar-refractivity contribution in [1.82, 2.24) is 14.8 Å². The van der Waals surface area contributed by atoms with Crippen molar-refractivity contribution in [2.75, 3.05) is 0 Å². The van der Waals surface area contributed by atoms with Gasteiger partial charge in [-0.3, -0.25) is 0 Å². The third-order valence-electron chi connectivity index (χ3n) is 6.91. The van der Waals surface area contributed by atoms with Gasteiger partial charge in [0.15, 0.2) is 0 Å². The molecule has 172 valence electrons. The normalized spacial score (nSPS) is 16.9. The van der Waals surface area contributed by atoms with Crippen LogP contribution < -0.4 is 5.32 Å². The minimum absolute atomic E-state index is 0.0554. The average molecular weight is 488 g/mol. The smallest absolute Gasteiger partial charge is 0.318 e. The molecule has 1 unspecified atom stereocenters. The van der Waals surface area contributed by atoms with E-state index in [-0.39, 0.29) is 12.1 Å². The van der Waals surface area contributed by atoms with Gasteiger partial charge >= 0.3 is 6.03 Å². The lowest BCUT2D eigenvalue weighted by Gasteiger charge is -2.31. The summed E-state index contributed by atoms with van der Waals surface area (Å²) in [6.07, 6.45) is 6.85. The molecule has 1 atom stereocenters. The molecule has 6 rings (SSSR count). The molecule has 0 bridgehead atoms. The van der Waals surface area contributed by atoms with Gasteiger partial charge in [0.25, 0.3) is 0 Å². The summed E-state index contributed by atoms with van der Waals surface area (Å²) in [7, 11) is 0. The molecule has 1 aliphatic heterocycles. The van der Waals surface area contributed by atoms with Crippen molar-refractivity contribution in [3.8, 4) is 5.00 Å². The van der Waals surface area contributed by atoms with Crippen molar-refractivity contribution >= 4 is 29.0 Å². The number of nitrogens with zero attached hydrogens (tertiary/aromatic N) is 2. The molecule has 1 aliphatic carbocycles. The van der Waals surface area contributed by atoms with Gasteiger partial charge < -0.3 is 14.8 Å². The molecule has 2 amide bonds. The predicted molar refractivity (Wildman–Crippen MR) is 138 cm³/mol. The summed E-state index contributed by atoms with van der Waals surface area (Å²) in [5.74, 6) is 0. The van der Waals surface area contributed by atoms with E-state index < -0.39 is 0 Å². The second-order valence-electron chi connectivity index (χ2n) is 9.02. The van der Waals surface area contributed by atoms with Crippen molar-refractivity contribution in [1.29, 1.82) is 0 Å². The number of halogens is 1. The molecule has 2 aromatic heterocycles. The van der Waals surface area contributed by atoms with E-state index in [1.54, 1.807) is 0 Å². The lowest BCUT2D eigenvalue weighted by molar-refractivity contribution is 0.180. The summed E-state index contributed by atoms with van der Waals surface area (Å²) in [6, 6.07) is 21.9. The Morgan fingerprint density at radius 2 is 1.76 bits per heavy atom. The number of aromatic nitrogens is 1. The fourth-order valence-electron chi connectivity index (χ4n) is 5.26. The molecule has 0 fully saturated rings. The van der Waals surface area contributed by atoms with E-state index in [0.717, 1.165) is 29.7 Å². The van der Waals surface area contributed by atoms with E-state index in [9.17, 15) is 4.79 Å². The third kappa shape index (κ3) is 3.83. The van der Waals surface area contributed by atoms with Crippen LogP contribution in [0.4, 0.5) is 4.79 Å². The second-order valence-corrected chi connectivity index (χ2v) is 10.5. The summed E-state index contributed by atoms with van der Waals surface area (Å²) in [5, 5.41) is 5.15. The molecule has 0 saturated carbocycles. The van der Waals surface area contributed by atoms with E-state index in [4.69, 9.17) is 11.6 Å². The van der Waals surface area contributed by atoms with Crippen LogP contribution >= 0.6 is 22.9 Å². The van der Waals surface area contributed by atoms with Gasteiger partial charge in [-0.2, -0.15) is 0 Å². The highest BCUT2D eigenvalue weighted by Gasteiger charge is 2.35. The summed E-state index contributed by atoms with van der Waals surface area (Å²) in [4.78, 5) is 17.3. The number of hydrogen-bond acceptors (Lipinski definition) is 2. The Balaban J connectivity index is 1.44. The molecule has 0 saturated heterocycles. The topological polar surface area (TPSA) is 37.3 Å². The number of rotatable bonds is 3. The molecule has 2 aliphatic rings. The number of thiophene rings is 1. The Morgan fingerprint density at radius 3 is 2.59 bits per heavy atom. The monoisotopic (exact) mass is 487 g/mol. The van der Waals surface area contributed by atoms with Crippen LogP contribution in [0.25, 0.3) is 5.00 Å². The minimum atomic E-state index is -0.207. The predicted octanol–water partition coefficient (Wildman–Crippen LogP) is 6.89. The van der Waals surface area contributed by atoms with Crippen molar-refractivity contribution in [2.45, 2.75) is 44.8 Å². The number of aryl methyl sites for hydroxylation is 1. The highest BCUT2D eigenvalue weighted by atomic mass is 35.5. The van der Waals surface area contributed by atoms with Crippen LogP contribution in [0.5, 0.6) is 0 Å². The average Bonchev–Trinajstić information content (AvgIpc) is 3.46. The van der Waals surface area contributed by atoms with Crippen LogP contribution in [0, 0.1) is 0 Å². The summed E-state index contributed by atoms with van der Waals surface area (Å²) >= 11 is 8.12. The van der Waals surface area contributed by atoms with Crippen molar-refractivity contribution in [3.63, 3.8) is 0 Å². The molecule has 34 heavy (non-hydrogen) atoms. The van der Waals surface area contributed by atoms with Crippen molar-refractivity contribution in [3.05, 3.63) is 111 Å². The molecule has 3 heterocycles. The van der Waals surface area contributed by atoms with Gasteiger partial charge in [0.05, 0.1) is 18.3 Å². The number of amides is 2. The second kappa shape index (κ2) is 8.97. The first-order valence-electron chi connectivity index (χ1n) is 11.8. The summed E-state index contributed by atoms with van der Waals surface area (Å²) < 4.78 is 2.31. The van der Waals surface area contributed by atoms with Gasteiger partial charge in [0.1, 0.15) is 5.00 Å². The van der Waals surface area contributed by atoms with Crippen LogP contribution in [0.2, 0.25) is 5.02 Å². The zero-order chi connectivity index (χ0) is 23.1. The van der Waals surface area contributed by atoms with Crippen molar-refractivity contribution in [2.24, 2.45) is 0 Å². The molecular formula is C28H26ClN3OS. The number of nitrogens with one attached hydrogen (secondary N) is 1.